The van der Waals surface area contributed by atoms with Crippen LogP contribution in [0.4, 0.5) is 0 Å². The van der Waals surface area contributed by atoms with Crippen LogP contribution < -0.4 is 0 Å². The van der Waals surface area contributed by atoms with Crippen molar-refractivity contribution in [2.24, 2.45) is 0 Å². The molecule has 0 aromatic carbocycles. The van der Waals surface area contributed by atoms with Gasteiger partial charge < -0.3 is 4.74 Å². The molecule has 0 saturated carbocycles. The molecule has 20 heavy (non-hydrogen) atoms. The fraction of sp³-hybridized carbons (Fsp3) is 0.294. The lowest BCUT2D eigenvalue weighted by molar-refractivity contribution is 0.0602. The maximum atomic E-state index is 11.9. The number of ketones is 1. The molecule has 0 aromatic rings. The summed E-state index contributed by atoms with van der Waals surface area (Å²) in [6, 6.07) is 9.41. The standard InChI is InChI=1S/C17H18O3/c1-10(2)12-5-7-13-14(8-6-12)16(17(19)20-4)9-15(13)11(3)18/h5-10H,1-4H3. The SMILES string of the molecule is COC(=O)c1cc(C(C)=O)c2ccc(C(C)C)ccc1-2. The lowest BCUT2D eigenvalue weighted by Gasteiger charge is -2.00. The molecule has 0 heterocycles. The van der Waals surface area contributed by atoms with E-state index >= 15 is 0 Å². The van der Waals surface area contributed by atoms with E-state index in [1.54, 1.807) is 6.07 Å². The molecule has 0 spiro atoms. The first-order valence-corrected chi connectivity index (χ1v) is 6.61. The van der Waals surface area contributed by atoms with E-state index in [1.165, 1.54) is 14.0 Å². The van der Waals surface area contributed by atoms with Gasteiger partial charge in [-0.05, 0) is 35.6 Å². The monoisotopic (exact) mass is 270 g/mol. The third-order valence-electron chi connectivity index (χ3n) is 3.50. The summed E-state index contributed by atoms with van der Waals surface area (Å²) in [7, 11) is 1.34. The Morgan fingerprint density at radius 3 is 2.00 bits per heavy atom. The van der Waals surface area contributed by atoms with E-state index in [1.807, 2.05) is 24.3 Å². The molecule has 104 valence electrons. The van der Waals surface area contributed by atoms with E-state index in [9.17, 15) is 9.59 Å². The average molecular weight is 270 g/mol. The molecule has 0 fully saturated rings. The molecule has 3 nitrogen and oxygen atoms in total. The van der Waals surface area contributed by atoms with Gasteiger partial charge in [0.05, 0.1) is 12.7 Å². The van der Waals surface area contributed by atoms with Crippen molar-refractivity contribution in [1.82, 2.24) is 0 Å². The van der Waals surface area contributed by atoms with Crippen molar-refractivity contribution in [2.45, 2.75) is 26.7 Å². The number of rotatable bonds is 3. The summed E-state index contributed by atoms with van der Waals surface area (Å²) in [6.45, 7) is 5.71. The van der Waals surface area contributed by atoms with Gasteiger partial charge in [0.15, 0.2) is 5.78 Å². The van der Waals surface area contributed by atoms with Gasteiger partial charge >= 0.3 is 5.97 Å². The molecular formula is C17H18O3. The fourth-order valence-corrected chi connectivity index (χ4v) is 2.32. The number of methoxy groups -OCH3 is 1. The molecule has 2 rings (SSSR count). The summed E-state index contributed by atoms with van der Waals surface area (Å²) in [6.07, 6.45) is 0. The van der Waals surface area contributed by atoms with Crippen LogP contribution in [0.3, 0.4) is 0 Å². The summed E-state index contributed by atoms with van der Waals surface area (Å²) < 4.78 is 4.80. The first-order chi connectivity index (χ1) is 9.45. The highest BCUT2D eigenvalue weighted by Crippen LogP contribution is 2.33. The lowest BCUT2D eigenvalue weighted by Crippen LogP contribution is -2.00. The second kappa shape index (κ2) is 5.45. The number of hydrogen-bond donors (Lipinski definition) is 0. The molecule has 2 aliphatic carbocycles. The zero-order valence-corrected chi connectivity index (χ0v) is 12.2. The molecule has 0 amide bonds. The molecule has 0 N–H and O–H groups in total. The van der Waals surface area contributed by atoms with Gasteiger partial charge in [-0.15, -0.1) is 0 Å². The Morgan fingerprint density at radius 2 is 1.55 bits per heavy atom. The number of carbonyl (C=O) groups is 2. The molecule has 0 saturated heterocycles. The second-order valence-corrected chi connectivity index (χ2v) is 5.17. The van der Waals surface area contributed by atoms with Crippen molar-refractivity contribution in [3.63, 3.8) is 0 Å². The van der Waals surface area contributed by atoms with E-state index in [-0.39, 0.29) is 5.78 Å². The quantitative estimate of drug-likeness (QED) is 0.627. The molecule has 2 aliphatic rings. The van der Waals surface area contributed by atoms with Crippen molar-refractivity contribution >= 4 is 11.8 Å². The van der Waals surface area contributed by atoms with Gasteiger partial charge in [-0.1, -0.05) is 38.1 Å². The van der Waals surface area contributed by atoms with Crippen molar-refractivity contribution < 1.29 is 14.3 Å². The van der Waals surface area contributed by atoms with Gasteiger partial charge in [0, 0.05) is 5.56 Å². The molecular weight excluding hydrogens is 252 g/mol. The van der Waals surface area contributed by atoms with E-state index in [2.05, 4.69) is 13.8 Å². The third kappa shape index (κ3) is 2.44. The number of fused-ring (bicyclic) bond motifs is 1. The van der Waals surface area contributed by atoms with Crippen molar-refractivity contribution in [3.05, 3.63) is 47.0 Å². The topological polar surface area (TPSA) is 43.4 Å². The Bertz CT molecular complexity index is 641. The Labute approximate surface area is 118 Å². The van der Waals surface area contributed by atoms with Crippen LogP contribution in [-0.4, -0.2) is 18.9 Å². The third-order valence-corrected chi connectivity index (χ3v) is 3.50. The molecule has 0 atom stereocenters. The van der Waals surface area contributed by atoms with E-state index in [0.717, 1.165) is 16.7 Å². The van der Waals surface area contributed by atoms with Crippen molar-refractivity contribution in [1.29, 1.82) is 0 Å². The maximum Gasteiger partial charge on any atom is 0.338 e. The van der Waals surface area contributed by atoms with Crippen LogP contribution in [-0.2, 0) is 4.74 Å². The van der Waals surface area contributed by atoms with E-state index in [0.29, 0.717) is 17.0 Å². The normalized spacial score (nSPS) is 10.8. The zero-order chi connectivity index (χ0) is 14.9. The smallest absolute Gasteiger partial charge is 0.338 e. The van der Waals surface area contributed by atoms with Crippen molar-refractivity contribution in [2.75, 3.05) is 7.11 Å². The zero-order valence-electron chi connectivity index (χ0n) is 12.2. The van der Waals surface area contributed by atoms with Crippen LogP contribution in [0, 0.1) is 0 Å². The number of Topliss-reactive ketones (excluding diaryl/α,β-unsaturated/α-hetero) is 1. The van der Waals surface area contributed by atoms with Gasteiger partial charge in [-0.3, -0.25) is 4.79 Å². The number of ether oxygens (including phenoxy) is 1. The molecule has 0 radical (unpaired) electrons. The van der Waals surface area contributed by atoms with E-state index in [4.69, 9.17) is 4.74 Å². The molecule has 0 aromatic heterocycles. The predicted octanol–water partition coefficient (Wildman–Crippen LogP) is 3.90. The molecule has 3 heteroatoms. The highest BCUT2D eigenvalue weighted by molar-refractivity contribution is 6.09. The molecule has 0 bridgehead atoms. The first-order valence-electron chi connectivity index (χ1n) is 6.61. The summed E-state index contributed by atoms with van der Waals surface area (Å²) >= 11 is 0. The van der Waals surface area contributed by atoms with Crippen molar-refractivity contribution in [3.8, 4) is 11.1 Å². The van der Waals surface area contributed by atoms with Gasteiger partial charge in [-0.2, -0.15) is 0 Å². The first kappa shape index (κ1) is 14.3. The largest absolute Gasteiger partial charge is 0.465 e. The van der Waals surface area contributed by atoms with Crippen LogP contribution in [0.15, 0.2) is 30.3 Å². The Balaban J connectivity index is 2.72. The van der Waals surface area contributed by atoms with Crippen LogP contribution >= 0.6 is 0 Å². The molecule has 0 aliphatic heterocycles. The Hall–Kier alpha value is -2.16. The average Bonchev–Trinajstić information content (AvgIpc) is 2.62. The summed E-state index contributed by atoms with van der Waals surface area (Å²) in [4.78, 5) is 23.6. The number of carbonyl (C=O) groups excluding carboxylic acids is 2. The van der Waals surface area contributed by atoms with Gasteiger partial charge in [0.1, 0.15) is 0 Å². The minimum absolute atomic E-state index is 0.0533. The van der Waals surface area contributed by atoms with Crippen LogP contribution in [0.25, 0.3) is 11.1 Å². The summed E-state index contributed by atoms with van der Waals surface area (Å²) in [5, 5.41) is 0. The highest BCUT2D eigenvalue weighted by atomic mass is 16.5. The minimum atomic E-state index is -0.417. The Kier molecular flexibility index (Phi) is 3.89. The van der Waals surface area contributed by atoms with Crippen LogP contribution in [0.1, 0.15) is 53.0 Å². The van der Waals surface area contributed by atoms with Gasteiger partial charge in [-0.25, -0.2) is 4.79 Å². The lowest BCUT2D eigenvalue weighted by atomic mass is 10.1. The summed E-state index contributed by atoms with van der Waals surface area (Å²) in [5.74, 6) is -0.0869. The minimum Gasteiger partial charge on any atom is -0.465 e. The highest BCUT2D eigenvalue weighted by Gasteiger charge is 2.22. The predicted molar refractivity (Wildman–Crippen MR) is 78.5 cm³/mol. The van der Waals surface area contributed by atoms with Gasteiger partial charge in [0.2, 0.25) is 0 Å². The molecule has 0 unspecified atom stereocenters. The van der Waals surface area contributed by atoms with Crippen LogP contribution in [0.5, 0.6) is 0 Å². The fourth-order valence-electron chi connectivity index (χ4n) is 2.32. The van der Waals surface area contributed by atoms with E-state index < -0.39 is 5.97 Å². The summed E-state index contributed by atoms with van der Waals surface area (Å²) in [5.41, 5.74) is 3.72. The Morgan fingerprint density at radius 1 is 1.00 bits per heavy atom. The number of hydrogen-bond acceptors (Lipinski definition) is 3. The maximum absolute atomic E-state index is 11.9. The second-order valence-electron chi connectivity index (χ2n) is 5.17. The number of esters is 1. The van der Waals surface area contributed by atoms with Gasteiger partial charge in [0.25, 0.3) is 0 Å². The van der Waals surface area contributed by atoms with Crippen LogP contribution in [0.2, 0.25) is 0 Å².